The smallest absolute Gasteiger partial charge is 0.259 e. The minimum absolute atomic E-state index is 0.0300. The summed E-state index contributed by atoms with van der Waals surface area (Å²) in [6.45, 7) is 6.62. The molecule has 1 amide bonds. The van der Waals surface area contributed by atoms with E-state index in [1.807, 2.05) is 24.3 Å². The fourth-order valence-corrected chi connectivity index (χ4v) is 3.25. The van der Waals surface area contributed by atoms with Gasteiger partial charge in [0.2, 0.25) is 0 Å². The van der Waals surface area contributed by atoms with E-state index in [-0.39, 0.29) is 5.91 Å². The average molecular weight is 271 g/mol. The molecule has 1 aliphatic carbocycles. The van der Waals surface area contributed by atoms with E-state index < -0.39 is 5.60 Å². The van der Waals surface area contributed by atoms with Gasteiger partial charge in [-0.05, 0) is 37.7 Å². The number of fused-ring (bicyclic) bond motifs is 1. The first-order chi connectivity index (χ1) is 9.50. The molecule has 0 bridgehead atoms. The van der Waals surface area contributed by atoms with Crippen LogP contribution in [0.15, 0.2) is 30.8 Å². The Kier molecular flexibility index (Phi) is 3.17. The maximum Gasteiger partial charge on any atom is 0.259 e. The second kappa shape index (κ2) is 4.74. The molecule has 20 heavy (non-hydrogen) atoms. The van der Waals surface area contributed by atoms with Crippen LogP contribution < -0.4 is 0 Å². The summed E-state index contributed by atoms with van der Waals surface area (Å²) in [6.07, 6.45) is 3.58. The summed E-state index contributed by atoms with van der Waals surface area (Å²) in [5.41, 5.74) is 1.56. The highest BCUT2D eigenvalue weighted by Gasteiger charge is 2.39. The molecule has 1 N–H and O–H groups in total. The van der Waals surface area contributed by atoms with E-state index in [1.54, 1.807) is 4.90 Å². The Hall–Kier alpha value is -1.61. The van der Waals surface area contributed by atoms with Crippen molar-refractivity contribution in [1.29, 1.82) is 0 Å². The number of amides is 1. The number of rotatable bonds is 2. The molecule has 0 atom stereocenters. The molecule has 1 saturated carbocycles. The second-order valence-electron chi connectivity index (χ2n) is 6.29. The lowest BCUT2D eigenvalue weighted by molar-refractivity contribution is -0.0211. The summed E-state index contributed by atoms with van der Waals surface area (Å²) in [5, 5.41) is 10.7. The van der Waals surface area contributed by atoms with Crippen molar-refractivity contribution in [1.82, 2.24) is 4.90 Å². The second-order valence-corrected chi connectivity index (χ2v) is 6.29. The highest BCUT2D eigenvalue weighted by molar-refractivity contribution is 6.08. The number of aliphatic hydroxyl groups is 1. The molecular weight excluding hydrogens is 250 g/mol. The van der Waals surface area contributed by atoms with Crippen molar-refractivity contribution in [3.05, 3.63) is 42.0 Å². The fourth-order valence-electron chi connectivity index (χ4n) is 3.25. The molecule has 106 valence electrons. The number of benzene rings is 1. The molecule has 3 heteroatoms. The van der Waals surface area contributed by atoms with Gasteiger partial charge in [-0.3, -0.25) is 4.79 Å². The van der Waals surface area contributed by atoms with Gasteiger partial charge in [0.25, 0.3) is 5.91 Å². The molecule has 0 spiro atoms. The summed E-state index contributed by atoms with van der Waals surface area (Å²) in [5.74, 6) is 0.641. The van der Waals surface area contributed by atoms with E-state index in [0.717, 1.165) is 36.9 Å². The topological polar surface area (TPSA) is 40.5 Å². The Morgan fingerprint density at radius 2 is 1.90 bits per heavy atom. The molecule has 1 aromatic rings. The summed E-state index contributed by atoms with van der Waals surface area (Å²) >= 11 is 0. The zero-order chi connectivity index (χ0) is 14.3. The number of β-amino-alcohol motifs (C(OH)–C–C–N with tert-alkyl or cyclic N) is 1. The predicted molar refractivity (Wildman–Crippen MR) is 79.1 cm³/mol. The standard InChI is InChI=1S/C17H21NO2/c1-12-7-9-17(20,10-8-12)11-18-13(2)14-5-3-4-6-15(14)16(18)19/h3-6,12,20H,2,7-11H2,1H3. The normalized spacial score (nSPS) is 29.7. The molecule has 1 heterocycles. The third-order valence-corrected chi connectivity index (χ3v) is 4.70. The van der Waals surface area contributed by atoms with Crippen LogP contribution in [-0.2, 0) is 0 Å². The van der Waals surface area contributed by atoms with Gasteiger partial charge in [0.05, 0.1) is 12.1 Å². The molecule has 1 fully saturated rings. The third kappa shape index (κ3) is 2.16. The van der Waals surface area contributed by atoms with Gasteiger partial charge < -0.3 is 10.0 Å². The highest BCUT2D eigenvalue weighted by atomic mass is 16.3. The van der Waals surface area contributed by atoms with Gasteiger partial charge in [0, 0.05) is 16.8 Å². The molecule has 2 aliphatic rings. The van der Waals surface area contributed by atoms with E-state index in [0.29, 0.717) is 18.0 Å². The monoisotopic (exact) mass is 271 g/mol. The summed E-state index contributed by atoms with van der Waals surface area (Å²) in [6, 6.07) is 7.53. The molecule has 3 nitrogen and oxygen atoms in total. The Bertz CT molecular complexity index is 521. The quantitative estimate of drug-likeness (QED) is 0.898. The fraction of sp³-hybridized carbons (Fsp3) is 0.471. The van der Waals surface area contributed by atoms with Crippen molar-refractivity contribution in [2.24, 2.45) is 5.92 Å². The van der Waals surface area contributed by atoms with E-state index in [4.69, 9.17) is 0 Å². The van der Waals surface area contributed by atoms with Crippen molar-refractivity contribution >= 4 is 11.6 Å². The van der Waals surface area contributed by atoms with Gasteiger partial charge in [0.15, 0.2) is 0 Å². The molecule has 0 radical (unpaired) electrons. The van der Waals surface area contributed by atoms with Crippen LogP contribution in [0.4, 0.5) is 0 Å². The van der Waals surface area contributed by atoms with Crippen LogP contribution in [-0.4, -0.2) is 28.1 Å². The summed E-state index contributed by atoms with van der Waals surface area (Å²) in [7, 11) is 0. The van der Waals surface area contributed by atoms with Gasteiger partial charge in [-0.2, -0.15) is 0 Å². The Morgan fingerprint density at radius 1 is 1.30 bits per heavy atom. The van der Waals surface area contributed by atoms with Gasteiger partial charge >= 0.3 is 0 Å². The lowest BCUT2D eigenvalue weighted by Gasteiger charge is -2.37. The van der Waals surface area contributed by atoms with E-state index in [1.165, 1.54) is 0 Å². The number of carbonyl (C=O) groups excluding carboxylic acids is 1. The first-order valence-corrected chi connectivity index (χ1v) is 7.33. The van der Waals surface area contributed by atoms with Crippen molar-refractivity contribution in [2.45, 2.75) is 38.2 Å². The maximum absolute atomic E-state index is 12.4. The minimum atomic E-state index is -0.757. The van der Waals surface area contributed by atoms with Crippen molar-refractivity contribution in [3.63, 3.8) is 0 Å². The number of hydrogen-bond donors (Lipinski definition) is 1. The van der Waals surface area contributed by atoms with Crippen LogP contribution in [0.3, 0.4) is 0 Å². The maximum atomic E-state index is 12.4. The Labute approximate surface area is 119 Å². The van der Waals surface area contributed by atoms with Crippen LogP contribution in [0.25, 0.3) is 5.70 Å². The van der Waals surface area contributed by atoms with Gasteiger partial charge in [0.1, 0.15) is 0 Å². The molecular formula is C17H21NO2. The first kappa shape index (κ1) is 13.4. The molecule has 1 aromatic carbocycles. The van der Waals surface area contributed by atoms with E-state index in [9.17, 15) is 9.90 Å². The number of carbonyl (C=O) groups is 1. The van der Waals surface area contributed by atoms with E-state index in [2.05, 4.69) is 13.5 Å². The first-order valence-electron chi connectivity index (χ1n) is 7.33. The lowest BCUT2D eigenvalue weighted by atomic mass is 9.79. The van der Waals surface area contributed by atoms with Crippen molar-refractivity contribution < 1.29 is 9.90 Å². The number of nitrogens with zero attached hydrogens (tertiary/aromatic N) is 1. The van der Waals surface area contributed by atoms with Crippen LogP contribution >= 0.6 is 0 Å². The molecule has 0 saturated heterocycles. The predicted octanol–water partition coefficient (Wildman–Crippen LogP) is 3.05. The van der Waals surface area contributed by atoms with Gasteiger partial charge in [-0.25, -0.2) is 0 Å². The van der Waals surface area contributed by atoms with E-state index >= 15 is 0 Å². The molecule has 0 unspecified atom stereocenters. The van der Waals surface area contributed by atoms with Gasteiger partial charge in [-0.1, -0.05) is 31.7 Å². The zero-order valence-electron chi connectivity index (χ0n) is 11.9. The van der Waals surface area contributed by atoms with Crippen molar-refractivity contribution in [3.8, 4) is 0 Å². The SMILES string of the molecule is C=C1c2ccccc2C(=O)N1CC1(O)CCC(C)CC1. The molecule has 0 aromatic heterocycles. The average Bonchev–Trinajstić information content (AvgIpc) is 2.68. The van der Waals surface area contributed by atoms with Crippen molar-refractivity contribution in [2.75, 3.05) is 6.54 Å². The molecule has 3 rings (SSSR count). The Balaban J connectivity index is 1.80. The summed E-state index contributed by atoms with van der Waals surface area (Å²) < 4.78 is 0. The lowest BCUT2D eigenvalue weighted by Crippen LogP contribution is -2.45. The van der Waals surface area contributed by atoms with Crippen LogP contribution in [0.1, 0.15) is 48.5 Å². The summed E-state index contributed by atoms with van der Waals surface area (Å²) in [4.78, 5) is 14.1. The number of hydrogen-bond acceptors (Lipinski definition) is 2. The highest BCUT2D eigenvalue weighted by Crippen LogP contribution is 2.37. The molecule has 1 aliphatic heterocycles. The Morgan fingerprint density at radius 3 is 2.50 bits per heavy atom. The zero-order valence-corrected chi connectivity index (χ0v) is 11.9. The van der Waals surface area contributed by atoms with Gasteiger partial charge in [-0.15, -0.1) is 0 Å². The van der Waals surface area contributed by atoms with Crippen LogP contribution in [0.2, 0.25) is 0 Å². The minimum Gasteiger partial charge on any atom is -0.388 e. The van der Waals surface area contributed by atoms with Crippen LogP contribution in [0.5, 0.6) is 0 Å². The third-order valence-electron chi connectivity index (χ3n) is 4.70. The largest absolute Gasteiger partial charge is 0.388 e. The van der Waals surface area contributed by atoms with Crippen LogP contribution in [0, 0.1) is 5.92 Å².